The van der Waals surface area contributed by atoms with Crippen LogP contribution in [0, 0.1) is 11.3 Å². The van der Waals surface area contributed by atoms with Gasteiger partial charge in [0.05, 0.1) is 12.5 Å². The molecule has 0 saturated heterocycles. The van der Waals surface area contributed by atoms with Gasteiger partial charge in [-0.2, -0.15) is 5.26 Å². The van der Waals surface area contributed by atoms with Crippen LogP contribution in [0.3, 0.4) is 0 Å². The number of hydrogen-bond acceptors (Lipinski definition) is 3. The van der Waals surface area contributed by atoms with Crippen molar-refractivity contribution in [2.24, 2.45) is 0 Å². The van der Waals surface area contributed by atoms with Gasteiger partial charge in [-0.3, -0.25) is 0 Å². The minimum absolute atomic E-state index is 0.295. The van der Waals surface area contributed by atoms with Gasteiger partial charge in [-0.15, -0.1) is 0 Å². The molecular weight excluding hydrogens is 240 g/mol. The molecule has 0 unspecified atom stereocenters. The van der Waals surface area contributed by atoms with E-state index in [4.69, 9.17) is 10.00 Å². The first-order valence-corrected chi connectivity index (χ1v) is 5.99. The van der Waals surface area contributed by atoms with Gasteiger partial charge >= 0.3 is 6.09 Å². The molecule has 4 nitrogen and oxygen atoms in total. The number of nitrogens with zero attached hydrogens (tertiary/aromatic N) is 2. The van der Waals surface area contributed by atoms with Crippen LogP contribution in [0.25, 0.3) is 10.8 Å². The summed E-state index contributed by atoms with van der Waals surface area (Å²) in [6.45, 7) is 0.364. The fraction of sp³-hybridized carbons (Fsp3) is 0.200. The molecule has 0 bridgehead atoms. The van der Waals surface area contributed by atoms with Gasteiger partial charge < -0.3 is 9.64 Å². The first kappa shape index (κ1) is 12.9. The van der Waals surface area contributed by atoms with Gasteiger partial charge in [0.15, 0.2) is 0 Å². The number of amides is 1. The first-order valence-electron chi connectivity index (χ1n) is 5.99. The van der Waals surface area contributed by atoms with Gasteiger partial charge in [0, 0.05) is 13.6 Å². The van der Waals surface area contributed by atoms with Crippen molar-refractivity contribution >= 4 is 16.9 Å². The Morgan fingerprint density at radius 2 is 2.00 bits per heavy atom. The predicted molar refractivity (Wildman–Crippen MR) is 72.8 cm³/mol. The second-order valence-corrected chi connectivity index (χ2v) is 4.21. The van der Waals surface area contributed by atoms with Crippen LogP contribution in [0.4, 0.5) is 4.79 Å². The average Bonchev–Trinajstić information content (AvgIpc) is 2.44. The Hall–Kier alpha value is -2.54. The lowest BCUT2D eigenvalue weighted by Gasteiger charge is -2.15. The van der Waals surface area contributed by atoms with Crippen LogP contribution >= 0.6 is 0 Å². The Bertz CT molecular complexity index is 631. The normalized spacial score (nSPS) is 9.89. The highest BCUT2D eigenvalue weighted by atomic mass is 16.6. The van der Waals surface area contributed by atoms with Gasteiger partial charge in [-0.1, -0.05) is 30.3 Å². The molecule has 19 heavy (non-hydrogen) atoms. The largest absolute Gasteiger partial charge is 0.414 e. The van der Waals surface area contributed by atoms with E-state index in [0.29, 0.717) is 18.7 Å². The topological polar surface area (TPSA) is 53.3 Å². The number of fused-ring (bicyclic) bond motifs is 1. The third kappa shape index (κ3) is 3.23. The van der Waals surface area contributed by atoms with E-state index in [1.165, 1.54) is 4.90 Å². The summed E-state index contributed by atoms with van der Waals surface area (Å²) in [5.41, 5.74) is 0. The minimum Gasteiger partial charge on any atom is -0.410 e. The van der Waals surface area contributed by atoms with E-state index in [2.05, 4.69) is 0 Å². The van der Waals surface area contributed by atoms with Crippen molar-refractivity contribution in [2.75, 3.05) is 13.6 Å². The highest BCUT2D eigenvalue weighted by Crippen LogP contribution is 2.20. The molecule has 0 aromatic heterocycles. The standard InChI is InChI=1S/C15H14N2O2/c1-17(10-4-9-16)15(18)19-14-8-7-12-5-2-3-6-13(12)11-14/h2-3,5-8,11H,4,10H2,1H3. The summed E-state index contributed by atoms with van der Waals surface area (Å²) in [4.78, 5) is 13.1. The van der Waals surface area contributed by atoms with Gasteiger partial charge in [-0.05, 0) is 22.9 Å². The highest BCUT2D eigenvalue weighted by molar-refractivity contribution is 5.84. The number of nitriles is 1. The number of ether oxygens (including phenoxy) is 1. The maximum Gasteiger partial charge on any atom is 0.414 e. The zero-order valence-electron chi connectivity index (χ0n) is 10.7. The Kier molecular flexibility index (Phi) is 3.99. The maximum atomic E-state index is 11.7. The maximum absolute atomic E-state index is 11.7. The molecule has 0 aliphatic heterocycles. The molecule has 4 heteroatoms. The van der Waals surface area contributed by atoms with Crippen LogP contribution in [0.5, 0.6) is 5.75 Å². The summed E-state index contributed by atoms with van der Waals surface area (Å²) in [7, 11) is 1.61. The van der Waals surface area contributed by atoms with Crippen molar-refractivity contribution < 1.29 is 9.53 Å². The van der Waals surface area contributed by atoms with E-state index >= 15 is 0 Å². The van der Waals surface area contributed by atoms with Crippen molar-refractivity contribution in [2.45, 2.75) is 6.42 Å². The second kappa shape index (κ2) is 5.87. The smallest absolute Gasteiger partial charge is 0.410 e. The van der Waals surface area contributed by atoms with Crippen molar-refractivity contribution in [3.63, 3.8) is 0 Å². The van der Waals surface area contributed by atoms with E-state index in [9.17, 15) is 4.79 Å². The molecular formula is C15H14N2O2. The lowest BCUT2D eigenvalue weighted by molar-refractivity contribution is 0.164. The molecule has 0 spiro atoms. The van der Waals surface area contributed by atoms with E-state index in [1.54, 1.807) is 13.1 Å². The van der Waals surface area contributed by atoms with Crippen LogP contribution in [-0.2, 0) is 0 Å². The minimum atomic E-state index is -0.453. The lowest BCUT2D eigenvalue weighted by atomic mass is 10.1. The average molecular weight is 254 g/mol. The molecule has 2 aromatic rings. The quantitative estimate of drug-likeness (QED) is 0.845. The number of benzene rings is 2. The van der Waals surface area contributed by atoms with Crippen molar-refractivity contribution in [1.29, 1.82) is 5.26 Å². The molecule has 0 saturated carbocycles. The summed E-state index contributed by atoms with van der Waals surface area (Å²) in [5.74, 6) is 0.507. The van der Waals surface area contributed by atoms with E-state index in [1.807, 2.05) is 42.5 Å². The lowest BCUT2D eigenvalue weighted by Crippen LogP contribution is -2.30. The number of carbonyl (C=O) groups is 1. The molecule has 0 atom stereocenters. The molecule has 0 aliphatic rings. The highest BCUT2D eigenvalue weighted by Gasteiger charge is 2.10. The Morgan fingerprint density at radius 3 is 2.74 bits per heavy atom. The summed E-state index contributed by atoms with van der Waals surface area (Å²) in [6, 6.07) is 15.4. The van der Waals surface area contributed by atoms with Gasteiger partial charge in [0.2, 0.25) is 0 Å². The molecule has 1 amide bonds. The van der Waals surface area contributed by atoms with Crippen LogP contribution in [0.15, 0.2) is 42.5 Å². The first-order chi connectivity index (χ1) is 9.20. The van der Waals surface area contributed by atoms with E-state index < -0.39 is 6.09 Å². The predicted octanol–water partition coefficient (Wildman–Crippen LogP) is 3.18. The number of rotatable bonds is 3. The van der Waals surface area contributed by atoms with Crippen molar-refractivity contribution in [3.8, 4) is 11.8 Å². The summed E-state index contributed by atoms with van der Waals surface area (Å²) >= 11 is 0. The monoisotopic (exact) mass is 254 g/mol. The Morgan fingerprint density at radius 1 is 1.26 bits per heavy atom. The van der Waals surface area contributed by atoms with E-state index in [-0.39, 0.29) is 0 Å². The zero-order chi connectivity index (χ0) is 13.7. The zero-order valence-corrected chi connectivity index (χ0v) is 10.7. The van der Waals surface area contributed by atoms with Crippen LogP contribution in [-0.4, -0.2) is 24.6 Å². The van der Waals surface area contributed by atoms with Crippen molar-refractivity contribution in [1.82, 2.24) is 4.90 Å². The molecule has 96 valence electrons. The number of carbonyl (C=O) groups excluding carboxylic acids is 1. The van der Waals surface area contributed by atoms with Crippen LogP contribution in [0.2, 0.25) is 0 Å². The number of hydrogen-bond donors (Lipinski definition) is 0. The molecule has 0 heterocycles. The summed E-state index contributed by atoms with van der Waals surface area (Å²) in [6.07, 6.45) is -0.158. The fourth-order valence-electron chi connectivity index (χ4n) is 1.72. The third-order valence-electron chi connectivity index (χ3n) is 2.80. The molecule has 2 rings (SSSR count). The van der Waals surface area contributed by atoms with Crippen LogP contribution < -0.4 is 4.74 Å². The fourth-order valence-corrected chi connectivity index (χ4v) is 1.72. The summed E-state index contributed by atoms with van der Waals surface area (Å²) in [5, 5.41) is 10.6. The van der Waals surface area contributed by atoms with Gasteiger partial charge in [0.25, 0.3) is 0 Å². The Labute approximate surface area is 111 Å². The van der Waals surface area contributed by atoms with Crippen LogP contribution in [0.1, 0.15) is 6.42 Å². The van der Waals surface area contributed by atoms with Gasteiger partial charge in [-0.25, -0.2) is 4.79 Å². The third-order valence-corrected chi connectivity index (χ3v) is 2.80. The molecule has 0 radical (unpaired) electrons. The molecule has 2 aromatic carbocycles. The summed E-state index contributed by atoms with van der Waals surface area (Å²) < 4.78 is 5.26. The molecule has 0 aliphatic carbocycles. The molecule has 0 fully saturated rings. The molecule has 0 N–H and O–H groups in total. The van der Waals surface area contributed by atoms with Gasteiger partial charge in [0.1, 0.15) is 5.75 Å². The van der Waals surface area contributed by atoms with E-state index in [0.717, 1.165) is 10.8 Å². The second-order valence-electron chi connectivity index (χ2n) is 4.21. The SMILES string of the molecule is CN(CCC#N)C(=O)Oc1ccc2ccccc2c1. The van der Waals surface area contributed by atoms with Crippen molar-refractivity contribution in [3.05, 3.63) is 42.5 Å². The Balaban J connectivity index is 2.09.